The molecule has 0 saturated heterocycles. The minimum Gasteiger partial charge on any atom is -0.508 e. The van der Waals surface area contributed by atoms with Crippen LogP contribution >= 0.6 is 0 Å². The fourth-order valence-corrected chi connectivity index (χ4v) is 1.39. The highest BCUT2D eigenvalue weighted by Crippen LogP contribution is 2.21. The zero-order valence-electron chi connectivity index (χ0n) is 10.1. The number of rotatable bonds is 4. The molecule has 18 heavy (non-hydrogen) atoms. The number of carbonyl (C=O) groups excluding carboxylic acids is 2. The maximum Gasteiger partial charge on any atom is 0.307 e. The van der Waals surface area contributed by atoms with Crippen LogP contribution in [-0.4, -0.2) is 35.2 Å². The Morgan fingerprint density at radius 2 is 2.06 bits per heavy atom. The Kier molecular flexibility index (Phi) is 4.53. The Morgan fingerprint density at radius 3 is 2.67 bits per heavy atom. The first kappa shape index (κ1) is 13.8. The summed E-state index contributed by atoms with van der Waals surface area (Å²) in [4.78, 5) is 22.8. The van der Waals surface area contributed by atoms with Crippen LogP contribution in [0.5, 0.6) is 11.5 Å². The first-order valence-electron chi connectivity index (χ1n) is 5.33. The fraction of sp³-hybridized carbons (Fsp3) is 0.333. The average Bonchev–Trinajstić information content (AvgIpc) is 2.31. The Morgan fingerprint density at radius 1 is 1.39 bits per heavy atom. The van der Waals surface area contributed by atoms with Crippen molar-refractivity contribution in [1.82, 2.24) is 5.32 Å². The number of aromatic hydroxyl groups is 2. The van der Waals surface area contributed by atoms with Gasteiger partial charge >= 0.3 is 5.97 Å². The van der Waals surface area contributed by atoms with E-state index in [2.05, 4.69) is 10.1 Å². The highest BCUT2D eigenvalue weighted by atomic mass is 16.5. The smallest absolute Gasteiger partial charge is 0.307 e. The van der Waals surface area contributed by atoms with Gasteiger partial charge in [-0.1, -0.05) is 0 Å². The van der Waals surface area contributed by atoms with Crippen LogP contribution in [0.1, 0.15) is 23.7 Å². The molecule has 0 aliphatic rings. The number of esters is 1. The van der Waals surface area contributed by atoms with Gasteiger partial charge in [0.05, 0.1) is 19.1 Å². The molecule has 1 unspecified atom stereocenters. The third-order valence-corrected chi connectivity index (χ3v) is 2.30. The van der Waals surface area contributed by atoms with Crippen LogP contribution in [-0.2, 0) is 9.53 Å². The predicted octanol–water partition coefficient (Wildman–Crippen LogP) is 0.779. The lowest BCUT2D eigenvalue weighted by Gasteiger charge is -2.13. The zero-order chi connectivity index (χ0) is 13.7. The summed E-state index contributed by atoms with van der Waals surface area (Å²) in [5.41, 5.74) is -0.0493. The molecule has 0 bridgehead atoms. The van der Waals surface area contributed by atoms with E-state index in [0.717, 1.165) is 6.07 Å². The van der Waals surface area contributed by atoms with E-state index in [-0.39, 0.29) is 23.5 Å². The van der Waals surface area contributed by atoms with Gasteiger partial charge in [0, 0.05) is 6.04 Å². The first-order valence-corrected chi connectivity index (χ1v) is 5.33. The lowest BCUT2D eigenvalue weighted by molar-refractivity contribution is -0.141. The van der Waals surface area contributed by atoms with Crippen LogP contribution < -0.4 is 5.32 Å². The standard InChI is InChI=1S/C12H15NO5/c1-7(5-11(16)18-2)13-12(17)9-6-8(14)3-4-10(9)15/h3-4,6-7,14-15H,5H2,1-2H3,(H,13,17). The molecule has 6 nitrogen and oxygen atoms in total. The SMILES string of the molecule is COC(=O)CC(C)NC(=O)c1cc(O)ccc1O. The highest BCUT2D eigenvalue weighted by Gasteiger charge is 2.16. The van der Waals surface area contributed by atoms with Crippen molar-refractivity contribution >= 4 is 11.9 Å². The van der Waals surface area contributed by atoms with E-state index in [1.54, 1.807) is 6.92 Å². The number of nitrogens with one attached hydrogen (secondary N) is 1. The molecule has 1 rings (SSSR count). The Bertz CT molecular complexity index is 458. The van der Waals surface area contributed by atoms with Gasteiger partial charge in [-0.05, 0) is 25.1 Å². The fourth-order valence-electron chi connectivity index (χ4n) is 1.39. The maximum atomic E-state index is 11.8. The minimum absolute atomic E-state index is 0.0296. The Balaban J connectivity index is 2.70. The van der Waals surface area contributed by atoms with Crippen molar-refractivity contribution in [2.45, 2.75) is 19.4 Å². The first-order chi connectivity index (χ1) is 8.43. The summed E-state index contributed by atoms with van der Waals surface area (Å²) in [6.07, 6.45) is 0.0296. The lowest BCUT2D eigenvalue weighted by Crippen LogP contribution is -2.34. The maximum absolute atomic E-state index is 11.8. The quantitative estimate of drug-likeness (QED) is 0.544. The molecule has 98 valence electrons. The zero-order valence-corrected chi connectivity index (χ0v) is 10.1. The molecular weight excluding hydrogens is 238 g/mol. The van der Waals surface area contributed by atoms with Crippen LogP contribution in [0.15, 0.2) is 18.2 Å². The van der Waals surface area contributed by atoms with Crippen molar-refractivity contribution in [3.8, 4) is 11.5 Å². The third-order valence-electron chi connectivity index (χ3n) is 2.30. The van der Waals surface area contributed by atoms with Gasteiger partial charge in [0.2, 0.25) is 0 Å². The van der Waals surface area contributed by atoms with Crippen molar-refractivity contribution in [2.75, 3.05) is 7.11 Å². The lowest BCUT2D eigenvalue weighted by atomic mass is 10.1. The second kappa shape index (κ2) is 5.90. The molecule has 0 radical (unpaired) electrons. The summed E-state index contributed by atoms with van der Waals surface area (Å²) in [6.45, 7) is 1.63. The molecule has 0 aromatic heterocycles. The number of benzene rings is 1. The molecule has 0 saturated carbocycles. The van der Waals surface area contributed by atoms with E-state index in [0.29, 0.717) is 0 Å². The van der Waals surface area contributed by atoms with Gasteiger partial charge < -0.3 is 20.3 Å². The van der Waals surface area contributed by atoms with Gasteiger partial charge in [-0.25, -0.2) is 0 Å². The Hall–Kier alpha value is -2.24. The van der Waals surface area contributed by atoms with Crippen molar-refractivity contribution in [3.63, 3.8) is 0 Å². The number of carbonyl (C=O) groups is 2. The number of methoxy groups -OCH3 is 1. The van der Waals surface area contributed by atoms with Gasteiger partial charge in [0.15, 0.2) is 0 Å². The summed E-state index contributed by atoms with van der Waals surface area (Å²) >= 11 is 0. The number of phenolic OH excluding ortho intramolecular Hbond substituents is 2. The monoisotopic (exact) mass is 253 g/mol. The molecule has 3 N–H and O–H groups in total. The molecule has 0 heterocycles. The summed E-state index contributed by atoms with van der Waals surface area (Å²) in [7, 11) is 1.26. The molecule has 0 spiro atoms. The summed E-state index contributed by atoms with van der Waals surface area (Å²) in [5, 5.41) is 21.2. The van der Waals surface area contributed by atoms with Crippen LogP contribution in [0.4, 0.5) is 0 Å². The normalized spacial score (nSPS) is 11.7. The summed E-state index contributed by atoms with van der Waals surface area (Å²) in [6, 6.07) is 3.20. The minimum atomic E-state index is -0.570. The van der Waals surface area contributed by atoms with Gasteiger partial charge in [-0.2, -0.15) is 0 Å². The molecule has 1 atom stereocenters. The van der Waals surface area contributed by atoms with Crippen LogP contribution in [0.3, 0.4) is 0 Å². The van der Waals surface area contributed by atoms with Crippen molar-refractivity contribution in [1.29, 1.82) is 0 Å². The number of phenols is 2. The molecule has 0 aliphatic heterocycles. The van der Waals surface area contributed by atoms with E-state index in [9.17, 15) is 19.8 Å². The van der Waals surface area contributed by atoms with Gasteiger partial charge in [-0.15, -0.1) is 0 Å². The average molecular weight is 253 g/mol. The van der Waals surface area contributed by atoms with Crippen LogP contribution in [0.25, 0.3) is 0 Å². The second-order valence-corrected chi connectivity index (χ2v) is 3.86. The van der Waals surface area contributed by atoms with Crippen molar-refractivity contribution in [3.05, 3.63) is 23.8 Å². The van der Waals surface area contributed by atoms with E-state index in [1.165, 1.54) is 19.2 Å². The third kappa shape index (κ3) is 3.65. The van der Waals surface area contributed by atoms with Crippen LogP contribution in [0.2, 0.25) is 0 Å². The predicted molar refractivity (Wildman–Crippen MR) is 63.3 cm³/mol. The van der Waals surface area contributed by atoms with E-state index < -0.39 is 17.9 Å². The number of hydrogen-bond donors (Lipinski definition) is 3. The van der Waals surface area contributed by atoms with Gasteiger partial charge in [0.25, 0.3) is 5.91 Å². The molecular formula is C12H15NO5. The largest absolute Gasteiger partial charge is 0.508 e. The van der Waals surface area contributed by atoms with E-state index in [4.69, 9.17) is 0 Å². The van der Waals surface area contributed by atoms with Gasteiger partial charge in [0.1, 0.15) is 11.5 Å². The van der Waals surface area contributed by atoms with Crippen molar-refractivity contribution in [2.24, 2.45) is 0 Å². The molecule has 1 aromatic carbocycles. The topological polar surface area (TPSA) is 95.9 Å². The van der Waals surface area contributed by atoms with E-state index >= 15 is 0 Å². The molecule has 6 heteroatoms. The number of hydrogen-bond acceptors (Lipinski definition) is 5. The van der Waals surface area contributed by atoms with Crippen molar-refractivity contribution < 1.29 is 24.5 Å². The summed E-state index contributed by atoms with van der Waals surface area (Å²) < 4.78 is 4.47. The molecule has 0 aliphatic carbocycles. The van der Waals surface area contributed by atoms with E-state index in [1.807, 2.05) is 0 Å². The van der Waals surface area contributed by atoms with Gasteiger partial charge in [-0.3, -0.25) is 9.59 Å². The molecule has 1 aromatic rings. The molecule has 0 fully saturated rings. The second-order valence-electron chi connectivity index (χ2n) is 3.86. The summed E-state index contributed by atoms with van der Waals surface area (Å²) in [5.74, 6) is -1.38. The number of amides is 1. The highest BCUT2D eigenvalue weighted by molar-refractivity contribution is 5.97. The number of ether oxygens (including phenoxy) is 1. The van der Waals surface area contributed by atoms with Crippen LogP contribution in [0, 0.1) is 0 Å². The Labute approximate surface area is 104 Å². The molecule has 1 amide bonds.